The van der Waals surface area contributed by atoms with Gasteiger partial charge in [0, 0.05) is 13.2 Å². The molecule has 1 aromatic heterocycles. The van der Waals surface area contributed by atoms with E-state index in [1.165, 1.54) is 0 Å². The van der Waals surface area contributed by atoms with Crippen LogP contribution in [-0.2, 0) is 11.3 Å². The van der Waals surface area contributed by atoms with Gasteiger partial charge in [0.1, 0.15) is 5.69 Å². The fourth-order valence-electron chi connectivity index (χ4n) is 2.45. The summed E-state index contributed by atoms with van der Waals surface area (Å²) in [5.74, 6) is 6.54. The summed E-state index contributed by atoms with van der Waals surface area (Å²) in [5.41, 5.74) is 3.84. The molecule has 0 fully saturated rings. The average Bonchev–Trinajstić information content (AvgIpc) is 2.84. The van der Waals surface area contributed by atoms with Gasteiger partial charge in [0.05, 0.1) is 25.5 Å². The van der Waals surface area contributed by atoms with Crippen molar-refractivity contribution in [2.75, 3.05) is 13.7 Å². The number of rotatable bonds is 10. The first-order chi connectivity index (χ1) is 9.73. The number of nitrogens with one attached hydrogen (secondary N) is 1. The van der Waals surface area contributed by atoms with Gasteiger partial charge in [-0.3, -0.25) is 10.5 Å². The summed E-state index contributed by atoms with van der Waals surface area (Å²) >= 11 is 0. The molecule has 0 aliphatic rings. The van der Waals surface area contributed by atoms with Crippen LogP contribution < -0.4 is 16.0 Å². The van der Waals surface area contributed by atoms with E-state index in [2.05, 4.69) is 24.4 Å². The van der Waals surface area contributed by atoms with Crippen molar-refractivity contribution in [2.24, 2.45) is 5.84 Å². The second-order valence-electron chi connectivity index (χ2n) is 4.75. The van der Waals surface area contributed by atoms with Crippen LogP contribution in [0.1, 0.15) is 51.8 Å². The third-order valence-corrected chi connectivity index (χ3v) is 3.30. The summed E-state index contributed by atoms with van der Waals surface area (Å²) in [6.45, 7) is 7.75. The Morgan fingerprint density at radius 2 is 2.10 bits per heavy atom. The molecule has 0 saturated heterocycles. The van der Waals surface area contributed by atoms with Crippen LogP contribution in [0.5, 0.6) is 5.75 Å². The van der Waals surface area contributed by atoms with Crippen molar-refractivity contribution in [3.63, 3.8) is 0 Å². The topological polar surface area (TPSA) is 74.3 Å². The van der Waals surface area contributed by atoms with Crippen molar-refractivity contribution in [1.29, 1.82) is 0 Å². The van der Waals surface area contributed by atoms with E-state index in [1.54, 1.807) is 13.3 Å². The van der Waals surface area contributed by atoms with Gasteiger partial charge in [-0.2, -0.15) is 5.10 Å². The number of hydrogen-bond donors (Lipinski definition) is 2. The highest BCUT2D eigenvalue weighted by Gasteiger charge is 2.28. The van der Waals surface area contributed by atoms with E-state index in [0.29, 0.717) is 6.61 Å². The predicted octanol–water partition coefficient (Wildman–Crippen LogP) is 2.01. The number of hydrogen-bond acceptors (Lipinski definition) is 5. The van der Waals surface area contributed by atoms with Gasteiger partial charge in [-0.15, -0.1) is 0 Å². The summed E-state index contributed by atoms with van der Waals surface area (Å²) in [6.07, 6.45) is 4.72. The Kier molecular flexibility index (Phi) is 7.58. The first-order valence-corrected chi connectivity index (χ1v) is 7.40. The van der Waals surface area contributed by atoms with Gasteiger partial charge >= 0.3 is 0 Å². The Hall–Kier alpha value is -1.11. The molecule has 1 heterocycles. The molecular formula is C14H28N4O2. The fraction of sp³-hybridized carbons (Fsp3) is 0.786. The summed E-state index contributed by atoms with van der Waals surface area (Å²) in [4.78, 5) is 0. The third-order valence-electron chi connectivity index (χ3n) is 3.30. The van der Waals surface area contributed by atoms with Crippen molar-refractivity contribution in [2.45, 2.75) is 58.7 Å². The van der Waals surface area contributed by atoms with Crippen LogP contribution in [0.15, 0.2) is 6.20 Å². The summed E-state index contributed by atoms with van der Waals surface area (Å²) in [5, 5.41) is 4.39. The van der Waals surface area contributed by atoms with Crippen LogP contribution in [0.3, 0.4) is 0 Å². The van der Waals surface area contributed by atoms with Crippen molar-refractivity contribution in [3.05, 3.63) is 11.9 Å². The number of aryl methyl sites for hydroxylation is 1. The fourth-order valence-corrected chi connectivity index (χ4v) is 2.45. The van der Waals surface area contributed by atoms with Gasteiger partial charge < -0.3 is 9.47 Å². The number of aromatic nitrogens is 2. The molecule has 0 radical (unpaired) electrons. The molecule has 20 heavy (non-hydrogen) atoms. The van der Waals surface area contributed by atoms with Crippen molar-refractivity contribution in [1.82, 2.24) is 15.2 Å². The van der Waals surface area contributed by atoms with E-state index in [-0.39, 0.29) is 12.1 Å². The lowest BCUT2D eigenvalue weighted by Gasteiger charge is -2.27. The van der Waals surface area contributed by atoms with E-state index in [9.17, 15) is 0 Å². The Morgan fingerprint density at radius 3 is 2.60 bits per heavy atom. The highest BCUT2D eigenvalue weighted by molar-refractivity contribution is 5.29. The molecule has 0 spiro atoms. The van der Waals surface area contributed by atoms with E-state index in [4.69, 9.17) is 15.3 Å². The first kappa shape index (κ1) is 16.9. The minimum Gasteiger partial charge on any atom is -0.493 e. The van der Waals surface area contributed by atoms with Crippen LogP contribution in [0, 0.1) is 0 Å². The molecule has 6 nitrogen and oxygen atoms in total. The lowest BCUT2D eigenvalue weighted by atomic mass is 10.0. The molecule has 0 aliphatic heterocycles. The normalized spacial score (nSPS) is 14.2. The molecule has 2 atom stereocenters. The minimum absolute atomic E-state index is 0.0104. The monoisotopic (exact) mass is 284 g/mol. The van der Waals surface area contributed by atoms with Gasteiger partial charge in [-0.1, -0.05) is 20.3 Å². The number of ether oxygens (including phenoxy) is 2. The van der Waals surface area contributed by atoms with Crippen molar-refractivity contribution >= 4 is 0 Å². The Bertz CT molecular complexity index is 375. The van der Waals surface area contributed by atoms with E-state index < -0.39 is 0 Å². The highest BCUT2D eigenvalue weighted by atomic mass is 16.5. The lowest BCUT2D eigenvalue weighted by Crippen LogP contribution is -2.39. The van der Waals surface area contributed by atoms with Crippen LogP contribution in [0.2, 0.25) is 0 Å². The second-order valence-corrected chi connectivity index (χ2v) is 4.75. The number of hydrazine groups is 1. The largest absolute Gasteiger partial charge is 0.493 e. The molecular weight excluding hydrogens is 256 g/mol. The zero-order valence-corrected chi connectivity index (χ0v) is 13.1. The smallest absolute Gasteiger partial charge is 0.161 e. The second kappa shape index (κ2) is 8.94. The van der Waals surface area contributed by atoms with Gasteiger partial charge in [0.15, 0.2) is 5.75 Å². The van der Waals surface area contributed by atoms with Gasteiger partial charge in [0.25, 0.3) is 0 Å². The average molecular weight is 284 g/mol. The molecule has 0 amide bonds. The maximum Gasteiger partial charge on any atom is 0.161 e. The number of nitrogens with two attached hydrogens (primary N) is 1. The highest BCUT2D eigenvalue weighted by Crippen LogP contribution is 2.30. The summed E-state index contributed by atoms with van der Waals surface area (Å²) < 4.78 is 13.2. The standard InChI is InChI=1S/C14H28N4O2/c1-5-8-11(20-7-3)13(17-15)14-12(19-4)10-16-18(14)9-6-2/h10-11,13,17H,5-9,15H2,1-4H3. The third kappa shape index (κ3) is 3.94. The first-order valence-electron chi connectivity index (χ1n) is 7.40. The number of nitrogens with zero attached hydrogens (tertiary/aromatic N) is 2. The van der Waals surface area contributed by atoms with E-state index >= 15 is 0 Å². The Morgan fingerprint density at radius 1 is 1.35 bits per heavy atom. The van der Waals surface area contributed by atoms with Crippen LogP contribution >= 0.6 is 0 Å². The molecule has 1 aromatic rings. The zero-order chi connectivity index (χ0) is 15.0. The van der Waals surface area contributed by atoms with E-state index in [0.717, 1.165) is 37.3 Å². The lowest BCUT2D eigenvalue weighted by molar-refractivity contribution is 0.0247. The molecule has 0 saturated carbocycles. The van der Waals surface area contributed by atoms with Crippen molar-refractivity contribution < 1.29 is 9.47 Å². The maximum atomic E-state index is 5.85. The Labute approximate surface area is 121 Å². The quantitative estimate of drug-likeness (QED) is 0.508. The maximum absolute atomic E-state index is 5.85. The zero-order valence-electron chi connectivity index (χ0n) is 13.1. The summed E-state index contributed by atoms with van der Waals surface area (Å²) in [7, 11) is 1.65. The van der Waals surface area contributed by atoms with Gasteiger partial charge in [-0.25, -0.2) is 5.43 Å². The molecule has 0 aliphatic carbocycles. The summed E-state index contributed by atoms with van der Waals surface area (Å²) in [6, 6.07) is -0.126. The number of methoxy groups -OCH3 is 1. The predicted molar refractivity (Wildman–Crippen MR) is 79.5 cm³/mol. The van der Waals surface area contributed by atoms with Crippen molar-refractivity contribution in [3.8, 4) is 5.75 Å². The van der Waals surface area contributed by atoms with Gasteiger partial charge in [-0.05, 0) is 19.8 Å². The molecule has 116 valence electrons. The minimum atomic E-state index is -0.126. The van der Waals surface area contributed by atoms with Crippen LogP contribution in [0.4, 0.5) is 0 Å². The molecule has 3 N–H and O–H groups in total. The SMILES string of the molecule is CCCC(OCC)C(NN)c1c(OC)cnn1CCC. The van der Waals surface area contributed by atoms with Crippen LogP contribution in [0.25, 0.3) is 0 Å². The Balaban J connectivity index is 3.10. The molecule has 0 bridgehead atoms. The molecule has 1 rings (SSSR count). The molecule has 6 heteroatoms. The van der Waals surface area contributed by atoms with Gasteiger partial charge in [0.2, 0.25) is 0 Å². The van der Waals surface area contributed by atoms with Crippen LogP contribution in [-0.4, -0.2) is 29.6 Å². The molecule has 0 aromatic carbocycles. The molecule has 2 unspecified atom stereocenters. The van der Waals surface area contributed by atoms with E-state index in [1.807, 2.05) is 11.6 Å².